The number of phenols is 2. The minimum absolute atomic E-state index is 0.0749. The molecule has 290 valence electrons. The monoisotopic (exact) mass is 727 g/mol. The number of hydrogen-bond donors (Lipinski definition) is 2. The van der Waals surface area contributed by atoms with Gasteiger partial charge < -0.3 is 24.3 Å². The molecular weight excluding hydrogens is 661 g/mol. The summed E-state index contributed by atoms with van der Waals surface area (Å²) in [5.41, 5.74) is 3.13. The standard InChI is InChI=1S/C45H66N4O4/c1-9-15-19-33(12-4)28-49-27-18-22-38(49)45-47-43(36-23-25-39(31(7)41(36)50)52-29-34(13-5)20-16-10-2)46-44(48-45)37-24-26-40(32(8)42(37)51)53-30-35(14-6)21-17-11-3/h18,22-27,33-35,50-51H,9-17,19-21,28-30H2,1-8H3. The van der Waals surface area contributed by atoms with Crippen LogP contribution in [0.5, 0.6) is 23.0 Å². The Labute approximate surface area is 319 Å². The number of aromatic hydroxyl groups is 2. The first-order chi connectivity index (χ1) is 25.7. The van der Waals surface area contributed by atoms with E-state index in [-0.39, 0.29) is 11.5 Å². The summed E-state index contributed by atoms with van der Waals surface area (Å²) in [7, 11) is 0. The predicted molar refractivity (Wildman–Crippen MR) is 218 cm³/mol. The van der Waals surface area contributed by atoms with E-state index in [2.05, 4.69) is 52.3 Å². The molecular formula is C45H66N4O4. The maximum Gasteiger partial charge on any atom is 0.180 e. The fraction of sp³-hybridized carbons (Fsp3) is 0.578. The lowest BCUT2D eigenvalue weighted by Gasteiger charge is -2.19. The largest absolute Gasteiger partial charge is 0.507 e. The van der Waals surface area contributed by atoms with E-state index in [4.69, 9.17) is 24.4 Å². The van der Waals surface area contributed by atoms with Gasteiger partial charge >= 0.3 is 0 Å². The highest BCUT2D eigenvalue weighted by atomic mass is 16.5. The molecule has 3 atom stereocenters. The molecule has 2 aromatic heterocycles. The van der Waals surface area contributed by atoms with Crippen LogP contribution in [-0.2, 0) is 6.54 Å². The molecule has 0 saturated heterocycles. The van der Waals surface area contributed by atoms with E-state index in [0.29, 0.717) is 82.2 Å². The van der Waals surface area contributed by atoms with Gasteiger partial charge in [-0.1, -0.05) is 99.3 Å². The first-order valence-corrected chi connectivity index (χ1v) is 20.5. The zero-order chi connectivity index (χ0) is 38.3. The van der Waals surface area contributed by atoms with Crippen LogP contribution in [0.2, 0.25) is 0 Å². The molecule has 0 saturated carbocycles. The maximum atomic E-state index is 11.6. The quantitative estimate of drug-likeness (QED) is 0.0784. The highest BCUT2D eigenvalue weighted by molar-refractivity contribution is 5.74. The van der Waals surface area contributed by atoms with Gasteiger partial charge in [-0.05, 0) is 87.3 Å². The van der Waals surface area contributed by atoms with Gasteiger partial charge in [0.05, 0.1) is 30.0 Å². The molecule has 8 heteroatoms. The molecule has 2 N–H and O–H groups in total. The molecule has 0 fully saturated rings. The van der Waals surface area contributed by atoms with Gasteiger partial charge in [-0.15, -0.1) is 0 Å². The smallest absolute Gasteiger partial charge is 0.180 e. The number of benzene rings is 2. The van der Waals surface area contributed by atoms with Crippen molar-refractivity contribution < 1.29 is 19.7 Å². The molecule has 8 nitrogen and oxygen atoms in total. The molecule has 2 heterocycles. The summed E-state index contributed by atoms with van der Waals surface area (Å²) in [6.45, 7) is 19.1. The molecule has 0 bridgehead atoms. The van der Waals surface area contributed by atoms with E-state index < -0.39 is 0 Å². The zero-order valence-corrected chi connectivity index (χ0v) is 33.9. The highest BCUT2D eigenvalue weighted by Gasteiger charge is 2.23. The van der Waals surface area contributed by atoms with Gasteiger partial charge in [0.25, 0.3) is 0 Å². The molecule has 4 rings (SSSR count). The van der Waals surface area contributed by atoms with Gasteiger partial charge in [0.15, 0.2) is 17.5 Å². The van der Waals surface area contributed by atoms with Crippen LogP contribution in [0.25, 0.3) is 34.3 Å². The summed E-state index contributed by atoms with van der Waals surface area (Å²) in [5.74, 6) is 4.08. The Kier molecular flexibility index (Phi) is 16.5. The fourth-order valence-corrected chi connectivity index (χ4v) is 6.95. The van der Waals surface area contributed by atoms with Crippen molar-refractivity contribution in [2.75, 3.05) is 13.2 Å². The lowest BCUT2D eigenvalue weighted by Crippen LogP contribution is -2.12. The minimum atomic E-state index is 0.0749. The van der Waals surface area contributed by atoms with Crippen molar-refractivity contribution in [3.63, 3.8) is 0 Å². The molecule has 4 aromatic rings. The third-order valence-electron chi connectivity index (χ3n) is 11.0. The molecule has 0 aliphatic heterocycles. The number of rotatable bonds is 23. The van der Waals surface area contributed by atoms with Gasteiger partial charge in [-0.3, -0.25) is 0 Å². The average Bonchev–Trinajstić information content (AvgIpc) is 3.64. The molecule has 2 aromatic carbocycles. The van der Waals surface area contributed by atoms with E-state index >= 15 is 0 Å². The lowest BCUT2D eigenvalue weighted by atomic mass is 9.99. The average molecular weight is 727 g/mol. The molecule has 0 radical (unpaired) electrons. The summed E-state index contributed by atoms with van der Waals surface area (Å²) in [6, 6.07) is 11.5. The van der Waals surface area contributed by atoms with E-state index in [1.165, 1.54) is 25.7 Å². The highest BCUT2D eigenvalue weighted by Crippen LogP contribution is 2.40. The van der Waals surface area contributed by atoms with Gasteiger partial charge in [0.2, 0.25) is 0 Å². The van der Waals surface area contributed by atoms with Gasteiger partial charge in [0.1, 0.15) is 23.0 Å². The number of phenolic OH excluding ortho intramolecular Hbond substituents is 2. The summed E-state index contributed by atoms with van der Waals surface area (Å²) in [5, 5.41) is 23.3. The normalized spacial score (nSPS) is 13.2. The van der Waals surface area contributed by atoms with Crippen LogP contribution in [0.4, 0.5) is 0 Å². The first-order valence-electron chi connectivity index (χ1n) is 20.5. The van der Waals surface area contributed by atoms with E-state index in [1.54, 1.807) is 0 Å². The second kappa shape index (κ2) is 21.0. The molecule has 0 spiro atoms. The Morgan fingerprint density at radius 3 is 1.45 bits per heavy atom. The predicted octanol–water partition coefficient (Wildman–Crippen LogP) is 12.1. The van der Waals surface area contributed by atoms with Gasteiger partial charge in [0, 0.05) is 23.9 Å². The van der Waals surface area contributed by atoms with E-state index in [0.717, 1.165) is 63.6 Å². The summed E-state index contributed by atoms with van der Waals surface area (Å²) in [6.07, 6.45) is 15.8. The number of nitrogens with zero attached hydrogens (tertiary/aromatic N) is 4. The Hall–Kier alpha value is -4.07. The summed E-state index contributed by atoms with van der Waals surface area (Å²) in [4.78, 5) is 14.9. The molecule has 0 aliphatic rings. The van der Waals surface area contributed by atoms with Crippen LogP contribution >= 0.6 is 0 Å². The van der Waals surface area contributed by atoms with Crippen molar-refractivity contribution >= 4 is 0 Å². The molecule has 53 heavy (non-hydrogen) atoms. The third kappa shape index (κ3) is 11.0. The van der Waals surface area contributed by atoms with Crippen molar-refractivity contribution in [1.82, 2.24) is 19.5 Å². The third-order valence-corrected chi connectivity index (χ3v) is 11.0. The van der Waals surface area contributed by atoms with Gasteiger partial charge in [-0.2, -0.15) is 0 Å². The van der Waals surface area contributed by atoms with Crippen molar-refractivity contribution in [2.45, 2.75) is 139 Å². The van der Waals surface area contributed by atoms with Crippen LogP contribution in [0.1, 0.15) is 130 Å². The SMILES string of the molecule is CCCCC(CC)COc1ccc(-c2nc(-c3ccc(OCC(CC)CCCC)c(C)c3O)nc(-c3cccn3CC(CC)CCCC)n2)c(O)c1C. The number of unbranched alkanes of at least 4 members (excludes halogenated alkanes) is 3. The summed E-state index contributed by atoms with van der Waals surface area (Å²) >= 11 is 0. The van der Waals surface area contributed by atoms with Crippen LogP contribution in [-0.4, -0.2) is 42.9 Å². The lowest BCUT2D eigenvalue weighted by molar-refractivity contribution is 0.231. The van der Waals surface area contributed by atoms with Crippen molar-refractivity contribution in [3.8, 4) is 57.3 Å². The summed E-state index contributed by atoms with van der Waals surface area (Å²) < 4.78 is 14.8. The Morgan fingerprint density at radius 2 is 1.02 bits per heavy atom. The van der Waals surface area contributed by atoms with Gasteiger partial charge in [-0.25, -0.2) is 15.0 Å². The first kappa shape index (κ1) is 41.7. The Bertz CT molecular complexity index is 1620. The Balaban J connectivity index is 1.77. The van der Waals surface area contributed by atoms with Crippen molar-refractivity contribution in [1.29, 1.82) is 0 Å². The molecule has 0 amide bonds. The van der Waals surface area contributed by atoms with E-state index in [9.17, 15) is 10.2 Å². The number of ether oxygens (including phenoxy) is 2. The topological polar surface area (TPSA) is 103 Å². The molecule has 3 unspecified atom stereocenters. The van der Waals surface area contributed by atoms with Crippen molar-refractivity contribution in [3.05, 3.63) is 53.7 Å². The van der Waals surface area contributed by atoms with Crippen LogP contribution in [0.3, 0.4) is 0 Å². The Morgan fingerprint density at radius 1 is 0.585 bits per heavy atom. The van der Waals surface area contributed by atoms with Crippen LogP contribution < -0.4 is 9.47 Å². The fourth-order valence-electron chi connectivity index (χ4n) is 6.95. The van der Waals surface area contributed by atoms with Crippen molar-refractivity contribution in [2.24, 2.45) is 17.8 Å². The van der Waals surface area contributed by atoms with Crippen LogP contribution in [0.15, 0.2) is 42.6 Å². The second-order valence-corrected chi connectivity index (χ2v) is 14.9. The molecule has 0 aliphatic carbocycles. The van der Waals surface area contributed by atoms with E-state index in [1.807, 2.05) is 50.2 Å². The number of aromatic nitrogens is 4. The zero-order valence-electron chi connectivity index (χ0n) is 33.9. The minimum Gasteiger partial charge on any atom is -0.507 e. The maximum absolute atomic E-state index is 11.6. The second-order valence-electron chi connectivity index (χ2n) is 14.9. The number of hydrogen-bond acceptors (Lipinski definition) is 7. The van der Waals surface area contributed by atoms with Crippen LogP contribution in [0, 0.1) is 31.6 Å².